The van der Waals surface area contributed by atoms with Gasteiger partial charge in [-0.25, -0.2) is 4.98 Å². The van der Waals surface area contributed by atoms with Crippen LogP contribution in [0.3, 0.4) is 0 Å². The number of aromatic nitrogens is 3. The molecule has 0 aromatic carbocycles. The maximum absolute atomic E-state index is 12.5. The minimum Gasteiger partial charge on any atom is -0.342 e. The van der Waals surface area contributed by atoms with Crippen LogP contribution in [0.2, 0.25) is 0 Å². The van der Waals surface area contributed by atoms with Gasteiger partial charge in [-0.05, 0) is 38.1 Å². The van der Waals surface area contributed by atoms with Crippen molar-refractivity contribution < 1.29 is 4.79 Å². The Morgan fingerprint density at radius 1 is 1.40 bits per heavy atom. The Morgan fingerprint density at radius 3 is 2.90 bits per heavy atom. The highest BCUT2D eigenvalue weighted by Crippen LogP contribution is 2.22. The Balaban J connectivity index is 1.78. The molecular weight excluding hydrogens is 252 g/mol. The maximum atomic E-state index is 12.5. The topological polar surface area (TPSA) is 51.9 Å². The van der Waals surface area contributed by atoms with Crippen molar-refractivity contribution >= 4 is 5.78 Å². The lowest BCUT2D eigenvalue weighted by Gasteiger charge is -2.25. The largest absolute Gasteiger partial charge is 0.342 e. The third-order valence-electron chi connectivity index (χ3n) is 4.01. The molecule has 0 aliphatic carbocycles. The molecule has 0 saturated carbocycles. The van der Waals surface area contributed by atoms with Gasteiger partial charge in [-0.15, -0.1) is 0 Å². The number of aryl methyl sites for hydroxylation is 1. The van der Waals surface area contributed by atoms with Crippen LogP contribution in [0.15, 0.2) is 30.7 Å². The summed E-state index contributed by atoms with van der Waals surface area (Å²) in [5.41, 5.74) is 0.805. The van der Waals surface area contributed by atoms with Crippen LogP contribution >= 0.6 is 0 Å². The second-order valence-corrected chi connectivity index (χ2v) is 5.34. The molecule has 3 rings (SSSR count). The van der Waals surface area contributed by atoms with Gasteiger partial charge in [-0.1, -0.05) is 0 Å². The van der Waals surface area contributed by atoms with E-state index < -0.39 is 0 Å². The molecule has 5 heteroatoms. The molecule has 5 nitrogen and oxygen atoms in total. The molecule has 3 heterocycles. The van der Waals surface area contributed by atoms with Crippen LogP contribution in [0, 0.1) is 0 Å². The van der Waals surface area contributed by atoms with E-state index in [-0.39, 0.29) is 5.78 Å². The van der Waals surface area contributed by atoms with Crippen LogP contribution in [0.5, 0.6) is 0 Å². The summed E-state index contributed by atoms with van der Waals surface area (Å²) in [5.74, 6) is 0.955. The summed E-state index contributed by atoms with van der Waals surface area (Å²) >= 11 is 0. The van der Waals surface area contributed by atoms with Crippen molar-refractivity contribution in [3.8, 4) is 0 Å². The number of Topliss-reactive ketones (excluding diaryl/α,β-unsaturated/α-hetero) is 1. The molecule has 1 aliphatic rings. The predicted molar refractivity (Wildman–Crippen MR) is 76.8 cm³/mol. The summed E-state index contributed by atoms with van der Waals surface area (Å²) in [5, 5.41) is 3.36. The Kier molecular flexibility index (Phi) is 3.69. The van der Waals surface area contributed by atoms with Crippen molar-refractivity contribution in [3.63, 3.8) is 0 Å². The zero-order valence-electron chi connectivity index (χ0n) is 11.7. The van der Waals surface area contributed by atoms with Crippen LogP contribution < -0.4 is 5.32 Å². The van der Waals surface area contributed by atoms with Crippen molar-refractivity contribution in [1.29, 1.82) is 0 Å². The van der Waals surface area contributed by atoms with Gasteiger partial charge in [-0.3, -0.25) is 4.79 Å². The van der Waals surface area contributed by atoms with E-state index in [1.54, 1.807) is 6.20 Å². The summed E-state index contributed by atoms with van der Waals surface area (Å²) in [4.78, 5) is 16.7. The minimum absolute atomic E-state index is 0.142. The van der Waals surface area contributed by atoms with E-state index in [4.69, 9.17) is 0 Å². The highest BCUT2D eigenvalue weighted by atomic mass is 16.1. The number of hydrogen-bond donors (Lipinski definition) is 1. The average molecular weight is 272 g/mol. The first-order chi connectivity index (χ1) is 9.75. The molecule has 106 valence electrons. The summed E-state index contributed by atoms with van der Waals surface area (Å²) in [6.07, 6.45) is 8.15. The fraction of sp³-hybridized carbons (Fsp3) is 0.467. The minimum atomic E-state index is 0.142. The van der Waals surface area contributed by atoms with Crippen molar-refractivity contribution in [1.82, 2.24) is 19.4 Å². The Labute approximate surface area is 118 Å². The third kappa shape index (κ3) is 2.54. The fourth-order valence-corrected chi connectivity index (χ4v) is 2.83. The molecule has 2 aromatic heterocycles. The Hall–Kier alpha value is -1.88. The first-order valence-electron chi connectivity index (χ1n) is 7.12. The maximum Gasteiger partial charge on any atom is 0.186 e. The molecule has 1 aliphatic heterocycles. The van der Waals surface area contributed by atoms with E-state index in [9.17, 15) is 4.79 Å². The summed E-state index contributed by atoms with van der Waals surface area (Å²) < 4.78 is 4.04. The predicted octanol–water partition coefficient (Wildman–Crippen LogP) is 1.57. The molecule has 0 unspecified atom stereocenters. The molecule has 2 aromatic rings. The van der Waals surface area contributed by atoms with E-state index >= 15 is 0 Å². The highest BCUT2D eigenvalue weighted by molar-refractivity contribution is 5.95. The first kappa shape index (κ1) is 13.1. The van der Waals surface area contributed by atoms with Gasteiger partial charge in [0.1, 0.15) is 5.82 Å². The molecule has 0 bridgehead atoms. The van der Waals surface area contributed by atoms with Gasteiger partial charge in [-0.2, -0.15) is 0 Å². The van der Waals surface area contributed by atoms with Gasteiger partial charge in [0.15, 0.2) is 5.78 Å². The molecule has 0 spiro atoms. The van der Waals surface area contributed by atoms with Gasteiger partial charge in [0.2, 0.25) is 0 Å². The van der Waals surface area contributed by atoms with E-state index in [1.807, 2.05) is 36.1 Å². The number of carbonyl (C=O) groups is 1. The number of piperidine rings is 1. The van der Waals surface area contributed by atoms with Crippen LogP contribution in [0.1, 0.15) is 35.2 Å². The number of ketones is 1. The van der Waals surface area contributed by atoms with Gasteiger partial charge in [0.05, 0.1) is 12.1 Å². The van der Waals surface area contributed by atoms with Crippen LogP contribution in [-0.4, -0.2) is 33.0 Å². The number of nitrogens with zero attached hydrogens (tertiary/aromatic N) is 3. The molecular formula is C15H20N4O. The SMILES string of the molecule is Cn1ccnc1CC(=O)c1cccn1C1CCNCC1. The van der Waals surface area contributed by atoms with E-state index in [1.165, 1.54) is 0 Å². The second-order valence-electron chi connectivity index (χ2n) is 5.34. The van der Waals surface area contributed by atoms with Gasteiger partial charge in [0.25, 0.3) is 0 Å². The monoisotopic (exact) mass is 272 g/mol. The van der Waals surface area contributed by atoms with Crippen LogP contribution in [0.4, 0.5) is 0 Å². The number of carbonyl (C=O) groups excluding carboxylic acids is 1. The first-order valence-corrected chi connectivity index (χ1v) is 7.12. The molecule has 20 heavy (non-hydrogen) atoms. The molecule has 1 N–H and O–H groups in total. The molecule has 0 amide bonds. The van der Waals surface area contributed by atoms with Crippen molar-refractivity contribution in [2.24, 2.45) is 7.05 Å². The van der Waals surface area contributed by atoms with E-state index in [0.29, 0.717) is 12.5 Å². The van der Waals surface area contributed by atoms with Crippen molar-refractivity contribution in [3.05, 3.63) is 42.2 Å². The molecule has 1 fully saturated rings. The van der Waals surface area contributed by atoms with Crippen LogP contribution in [-0.2, 0) is 13.5 Å². The average Bonchev–Trinajstić information content (AvgIpc) is 3.09. The second kappa shape index (κ2) is 5.63. The zero-order chi connectivity index (χ0) is 13.9. The van der Waals surface area contributed by atoms with Crippen molar-refractivity contribution in [2.45, 2.75) is 25.3 Å². The Bertz CT molecular complexity index is 593. The summed E-state index contributed by atoms with van der Waals surface area (Å²) in [6, 6.07) is 4.33. The van der Waals surface area contributed by atoms with Crippen LogP contribution in [0.25, 0.3) is 0 Å². The number of imidazole rings is 1. The fourth-order valence-electron chi connectivity index (χ4n) is 2.83. The van der Waals surface area contributed by atoms with Gasteiger partial charge in [0, 0.05) is 31.7 Å². The summed E-state index contributed by atoms with van der Waals surface area (Å²) in [6.45, 7) is 2.05. The summed E-state index contributed by atoms with van der Waals surface area (Å²) in [7, 11) is 1.92. The van der Waals surface area contributed by atoms with Gasteiger partial charge >= 0.3 is 0 Å². The van der Waals surface area contributed by atoms with Gasteiger partial charge < -0.3 is 14.5 Å². The third-order valence-corrected chi connectivity index (χ3v) is 4.01. The lowest BCUT2D eigenvalue weighted by Crippen LogP contribution is -2.30. The zero-order valence-corrected chi connectivity index (χ0v) is 11.7. The van der Waals surface area contributed by atoms with E-state index in [2.05, 4.69) is 14.9 Å². The lowest BCUT2D eigenvalue weighted by molar-refractivity contribution is 0.0977. The Morgan fingerprint density at radius 2 is 2.20 bits per heavy atom. The van der Waals surface area contributed by atoms with E-state index in [0.717, 1.165) is 37.4 Å². The molecule has 0 radical (unpaired) electrons. The number of rotatable bonds is 4. The quantitative estimate of drug-likeness (QED) is 0.860. The number of nitrogens with one attached hydrogen (secondary N) is 1. The lowest BCUT2D eigenvalue weighted by atomic mass is 10.1. The normalized spacial score (nSPS) is 16.4. The molecule has 1 saturated heterocycles. The van der Waals surface area contributed by atoms with Crippen molar-refractivity contribution in [2.75, 3.05) is 13.1 Å². The smallest absolute Gasteiger partial charge is 0.186 e. The standard InChI is InChI=1S/C15H20N4O/c1-18-10-8-17-15(18)11-14(20)13-3-2-9-19(13)12-4-6-16-7-5-12/h2-3,8-10,12,16H,4-7,11H2,1H3. The number of hydrogen-bond acceptors (Lipinski definition) is 3. The highest BCUT2D eigenvalue weighted by Gasteiger charge is 2.20. The molecule has 0 atom stereocenters.